The van der Waals surface area contributed by atoms with Gasteiger partial charge in [0.1, 0.15) is 0 Å². The standard InChI is InChI=1S/C11H17NO3/c1-2-4-10(13)12-7-8-5-3-6-9(8)11(14)15/h2,4,8-9H,3,5-7H2,1H3,(H,12,13)(H,14,15). The van der Waals surface area contributed by atoms with Crippen LogP contribution in [0.5, 0.6) is 0 Å². The second kappa shape index (κ2) is 5.53. The zero-order chi connectivity index (χ0) is 11.3. The highest BCUT2D eigenvalue weighted by Gasteiger charge is 2.32. The summed E-state index contributed by atoms with van der Waals surface area (Å²) >= 11 is 0. The van der Waals surface area contributed by atoms with Crippen LogP contribution < -0.4 is 5.32 Å². The number of nitrogens with one attached hydrogen (secondary N) is 1. The van der Waals surface area contributed by atoms with Crippen molar-refractivity contribution in [2.45, 2.75) is 26.2 Å². The summed E-state index contributed by atoms with van der Waals surface area (Å²) < 4.78 is 0. The molecule has 1 fully saturated rings. The topological polar surface area (TPSA) is 66.4 Å². The van der Waals surface area contributed by atoms with Crippen molar-refractivity contribution in [3.8, 4) is 0 Å². The maximum absolute atomic E-state index is 11.1. The van der Waals surface area contributed by atoms with E-state index >= 15 is 0 Å². The normalized spacial score (nSPS) is 25.7. The van der Waals surface area contributed by atoms with E-state index in [4.69, 9.17) is 5.11 Å². The third-order valence-electron chi connectivity index (χ3n) is 2.83. The number of rotatable bonds is 4. The van der Waals surface area contributed by atoms with Gasteiger partial charge in [-0.25, -0.2) is 0 Å². The molecule has 4 nitrogen and oxygen atoms in total. The van der Waals surface area contributed by atoms with Crippen molar-refractivity contribution in [1.29, 1.82) is 0 Å². The third-order valence-corrected chi connectivity index (χ3v) is 2.83. The SMILES string of the molecule is CC=CC(=O)NCC1CCCC1C(=O)O. The molecule has 0 aliphatic heterocycles. The summed E-state index contributed by atoms with van der Waals surface area (Å²) in [6, 6.07) is 0. The molecule has 0 bridgehead atoms. The van der Waals surface area contributed by atoms with Crippen LogP contribution in [0.1, 0.15) is 26.2 Å². The van der Waals surface area contributed by atoms with Gasteiger partial charge in [0.25, 0.3) is 0 Å². The minimum absolute atomic E-state index is 0.0942. The average Bonchev–Trinajstić information content (AvgIpc) is 2.63. The molecule has 1 aliphatic carbocycles. The molecule has 84 valence electrons. The van der Waals surface area contributed by atoms with Crippen LogP contribution in [-0.2, 0) is 9.59 Å². The lowest BCUT2D eigenvalue weighted by atomic mass is 9.96. The monoisotopic (exact) mass is 211 g/mol. The fourth-order valence-corrected chi connectivity index (χ4v) is 2.05. The second-order valence-electron chi connectivity index (χ2n) is 3.88. The smallest absolute Gasteiger partial charge is 0.306 e. The van der Waals surface area contributed by atoms with Gasteiger partial charge in [0.15, 0.2) is 0 Å². The predicted octanol–water partition coefficient (Wildman–Crippen LogP) is 1.18. The van der Waals surface area contributed by atoms with Crippen molar-refractivity contribution in [2.24, 2.45) is 11.8 Å². The molecule has 1 saturated carbocycles. The number of carboxylic acid groups (broad SMARTS) is 1. The molecule has 0 radical (unpaired) electrons. The van der Waals surface area contributed by atoms with E-state index in [0.717, 1.165) is 19.3 Å². The number of aliphatic carboxylic acids is 1. The summed E-state index contributed by atoms with van der Waals surface area (Å²) in [5, 5.41) is 11.6. The van der Waals surface area contributed by atoms with Crippen molar-refractivity contribution < 1.29 is 14.7 Å². The van der Waals surface area contributed by atoms with Crippen LogP contribution in [0, 0.1) is 11.8 Å². The minimum atomic E-state index is -0.738. The second-order valence-corrected chi connectivity index (χ2v) is 3.88. The first-order chi connectivity index (χ1) is 7.15. The number of amides is 1. The summed E-state index contributed by atoms with van der Waals surface area (Å²) in [5.74, 6) is -1.07. The largest absolute Gasteiger partial charge is 0.481 e. The molecule has 4 heteroatoms. The summed E-state index contributed by atoms with van der Waals surface area (Å²) in [5.41, 5.74) is 0. The van der Waals surface area contributed by atoms with E-state index in [9.17, 15) is 9.59 Å². The van der Waals surface area contributed by atoms with Gasteiger partial charge < -0.3 is 10.4 Å². The molecule has 0 aromatic carbocycles. The van der Waals surface area contributed by atoms with Crippen LogP contribution in [0.4, 0.5) is 0 Å². The maximum atomic E-state index is 11.1. The zero-order valence-corrected chi connectivity index (χ0v) is 8.90. The van der Waals surface area contributed by atoms with Gasteiger partial charge >= 0.3 is 5.97 Å². The van der Waals surface area contributed by atoms with Gasteiger partial charge in [-0.1, -0.05) is 12.5 Å². The van der Waals surface area contributed by atoms with Crippen molar-refractivity contribution >= 4 is 11.9 Å². The van der Waals surface area contributed by atoms with E-state index in [0.29, 0.717) is 6.54 Å². The minimum Gasteiger partial charge on any atom is -0.481 e. The Labute approximate surface area is 89.4 Å². The van der Waals surface area contributed by atoms with E-state index in [2.05, 4.69) is 5.32 Å². The molecule has 1 rings (SSSR count). The number of hydrogen-bond acceptors (Lipinski definition) is 2. The summed E-state index contributed by atoms with van der Waals surface area (Å²) in [6.45, 7) is 2.25. The van der Waals surface area contributed by atoms with Crippen LogP contribution >= 0.6 is 0 Å². The maximum Gasteiger partial charge on any atom is 0.306 e. The number of carbonyl (C=O) groups excluding carboxylic acids is 1. The van der Waals surface area contributed by atoms with Crippen molar-refractivity contribution in [3.63, 3.8) is 0 Å². The van der Waals surface area contributed by atoms with Gasteiger partial charge in [0.2, 0.25) is 5.91 Å². The molecule has 0 aromatic rings. The Morgan fingerprint density at radius 1 is 1.47 bits per heavy atom. The fraction of sp³-hybridized carbons (Fsp3) is 0.636. The molecule has 2 N–H and O–H groups in total. The molecule has 2 atom stereocenters. The Bertz CT molecular complexity index is 273. The molecule has 2 unspecified atom stereocenters. The molecular weight excluding hydrogens is 194 g/mol. The number of carboxylic acids is 1. The van der Waals surface area contributed by atoms with Gasteiger partial charge in [-0.05, 0) is 31.8 Å². The van der Waals surface area contributed by atoms with Gasteiger partial charge in [0, 0.05) is 6.54 Å². The van der Waals surface area contributed by atoms with Gasteiger partial charge in [0.05, 0.1) is 5.92 Å². The van der Waals surface area contributed by atoms with E-state index in [1.807, 2.05) is 0 Å². The van der Waals surface area contributed by atoms with Crippen LogP contribution in [0.2, 0.25) is 0 Å². The lowest BCUT2D eigenvalue weighted by Crippen LogP contribution is -2.32. The predicted molar refractivity (Wildman–Crippen MR) is 56.3 cm³/mol. The first-order valence-corrected chi connectivity index (χ1v) is 5.28. The van der Waals surface area contributed by atoms with Crippen LogP contribution in [-0.4, -0.2) is 23.5 Å². The highest BCUT2D eigenvalue weighted by atomic mass is 16.4. The summed E-state index contributed by atoms with van der Waals surface area (Å²) in [6.07, 6.45) is 5.69. The van der Waals surface area contributed by atoms with Crippen LogP contribution in [0.3, 0.4) is 0 Å². The molecule has 1 amide bonds. The molecule has 0 aromatic heterocycles. The Balaban J connectivity index is 2.38. The van der Waals surface area contributed by atoms with Gasteiger partial charge in [-0.2, -0.15) is 0 Å². The molecular formula is C11H17NO3. The first kappa shape index (κ1) is 11.8. The Morgan fingerprint density at radius 3 is 2.80 bits per heavy atom. The number of allylic oxidation sites excluding steroid dienone is 1. The summed E-state index contributed by atoms with van der Waals surface area (Å²) in [7, 11) is 0. The van der Waals surface area contributed by atoms with Gasteiger partial charge in [-0.15, -0.1) is 0 Å². The number of hydrogen-bond donors (Lipinski definition) is 2. The van der Waals surface area contributed by atoms with E-state index in [1.165, 1.54) is 6.08 Å². The van der Waals surface area contributed by atoms with E-state index in [-0.39, 0.29) is 17.7 Å². The lowest BCUT2D eigenvalue weighted by molar-refractivity contribution is -0.143. The van der Waals surface area contributed by atoms with Crippen molar-refractivity contribution in [3.05, 3.63) is 12.2 Å². The molecule has 15 heavy (non-hydrogen) atoms. The fourth-order valence-electron chi connectivity index (χ4n) is 2.05. The van der Waals surface area contributed by atoms with Crippen LogP contribution in [0.15, 0.2) is 12.2 Å². The van der Waals surface area contributed by atoms with E-state index < -0.39 is 5.97 Å². The average molecular weight is 211 g/mol. The summed E-state index contributed by atoms with van der Waals surface area (Å²) in [4.78, 5) is 22.0. The highest BCUT2D eigenvalue weighted by molar-refractivity contribution is 5.87. The van der Waals surface area contributed by atoms with Crippen molar-refractivity contribution in [2.75, 3.05) is 6.54 Å². The molecule has 0 heterocycles. The Hall–Kier alpha value is -1.32. The van der Waals surface area contributed by atoms with E-state index in [1.54, 1.807) is 13.0 Å². The van der Waals surface area contributed by atoms with Crippen LogP contribution in [0.25, 0.3) is 0 Å². The highest BCUT2D eigenvalue weighted by Crippen LogP contribution is 2.31. The lowest BCUT2D eigenvalue weighted by Gasteiger charge is -2.15. The quantitative estimate of drug-likeness (QED) is 0.686. The Morgan fingerprint density at radius 2 is 2.20 bits per heavy atom. The number of carbonyl (C=O) groups is 2. The molecule has 0 spiro atoms. The zero-order valence-electron chi connectivity index (χ0n) is 8.90. The Kier molecular flexibility index (Phi) is 4.34. The molecule has 0 saturated heterocycles. The first-order valence-electron chi connectivity index (χ1n) is 5.28. The molecule has 1 aliphatic rings. The van der Waals surface area contributed by atoms with Gasteiger partial charge in [-0.3, -0.25) is 9.59 Å². The third kappa shape index (κ3) is 3.38. The van der Waals surface area contributed by atoms with Crippen molar-refractivity contribution in [1.82, 2.24) is 5.32 Å².